The zero-order valence-corrected chi connectivity index (χ0v) is 11.5. The standard InChI is InChI=1S/C14H21N3O2/c1-3-15-13-5-4-11(2)10-12(13)14(18)16-17-6-8-19-9-7-17/h4-5,10,15H,3,6-9H2,1-2H3,(H,16,18). The average molecular weight is 263 g/mol. The van der Waals surface area contributed by atoms with E-state index >= 15 is 0 Å². The van der Waals surface area contributed by atoms with Gasteiger partial charge in [0.05, 0.1) is 18.8 Å². The minimum absolute atomic E-state index is 0.0680. The molecule has 5 nitrogen and oxygen atoms in total. The number of nitrogens with one attached hydrogen (secondary N) is 2. The number of hydrogen-bond donors (Lipinski definition) is 2. The largest absolute Gasteiger partial charge is 0.385 e. The monoisotopic (exact) mass is 263 g/mol. The van der Waals surface area contributed by atoms with Crippen molar-refractivity contribution in [3.8, 4) is 0 Å². The maximum Gasteiger partial charge on any atom is 0.267 e. The summed E-state index contributed by atoms with van der Waals surface area (Å²) in [6.07, 6.45) is 0. The molecule has 5 heteroatoms. The van der Waals surface area contributed by atoms with Gasteiger partial charge in [-0.05, 0) is 26.0 Å². The minimum atomic E-state index is -0.0680. The molecule has 0 aliphatic carbocycles. The summed E-state index contributed by atoms with van der Waals surface area (Å²) in [6, 6.07) is 5.87. The first kappa shape index (κ1) is 13.8. The van der Waals surface area contributed by atoms with E-state index in [0.717, 1.165) is 30.9 Å². The van der Waals surface area contributed by atoms with E-state index in [1.807, 2.05) is 37.1 Å². The van der Waals surface area contributed by atoms with Crippen molar-refractivity contribution in [1.82, 2.24) is 10.4 Å². The molecule has 1 heterocycles. The van der Waals surface area contributed by atoms with E-state index in [2.05, 4.69) is 10.7 Å². The number of morpholine rings is 1. The molecule has 1 amide bonds. The van der Waals surface area contributed by atoms with Gasteiger partial charge < -0.3 is 10.1 Å². The van der Waals surface area contributed by atoms with Crippen molar-refractivity contribution >= 4 is 11.6 Å². The molecule has 104 valence electrons. The third-order valence-electron chi connectivity index (χ3n) is 3.06. The number of ether oxygens (including phenoxy) is 1. The minimum Gasteiger partial charge on any atom is -0.385 e. The fourth-order valence-electron chi connectivity index (χ4n) is 2.07. The van der Waals surface area contributed by atoms with Crippen LogP contribution in [0.5, 0.6) is 0 Å². The van der Waals surface area contributed by atoms with Gasteiger partial charge in [-0.15, -0.1) is 0 Å². The van der Waals surface area contributed by atoms with Crippen molar-refractivity contribution < 1.29 is 9.53 Å². The topological polar surface area (TPSA) is 53.6 Å². The molecule has 2 rings (SSSR count). The Balaban J connectivity index is 2.10. The van der Waals surface area contributed by atoms with Crippen LogP contribution in [0.1, 0.15) is 22.8 Å². The molecular weight excluding hydrogens is 242 g/mol. The number of amides is 1. The predicted octanol–water partition coefficient (Wildman–Crippen LogP) is 1.40. The van der Waals surface area contributed by atoms with Gasteiger partial charge in [-0.3, -0.25) is 10.2 Å². The number of benzene rings is 1. The van der Waals surface area contributed by atoms with Gasteiger partial charge in [0.15, 0.2) is 0 Å². The van der Waals surface area contributed by atoms with Crippen LogP contribution in [-0.4, -0.2) is 43.8 Å². The average Bonchev–Trinajstić information content (AvgIpc) is 2.42. The molecule has 1 aliphatic heterocycles. The molecule has 1 saturated heterocycles. The molecule has 19 heavy (non-hydrogen) atoms. The zero-order valence-electron chi connectivity index (χ0n) is 11.5. The third kappa shape index (κ3) is 3.68. The number of carbonyl (C=O) groups excluding carboxylic acids is 1. The summed E-state index contributed by atoms with van der Waals surface area (Å²) in [6.45, 7) is 7.58. The Morgan fingerprint density at radius 3 is 2.79 bits per heavy atom. The fraction of sp³-hybridized carbons (Fsp3) is 0.500. The first-order chi connectivity index (χ1) is 9.20. The number of hydrazine groups is 1. The normalized spacial score (nSPS) is 16.1. The van der Waals surface area contributed by atoms with Crippen molar-refractivity contribution in [2.75, 3.05) is 38.2 Å². The van der Waals surface area contributed by atoms with E-state index in [1.165, 1.54) is 0 Å². The second kappa shape index (κ2) is 6.54. The molecule has 0 unspecified atom stereocenters. The Morgan fingerprint density at radius 1 is 1.37 bits per heavy atom. The van der Waals surface area contributed by atoms with Crippen LogP contribution in [0.25, 0.3) is 0 Å². The van der Waals surface area contributed by atoms with E-state index in [9.17, 15) is 4.79 Å². The smallest absolute Gasteiger partial charge is 0.267 e. The Bertz CT molecular complexity index is 442. The Kier molecular flexibility index (Phi) is 4.76. The number of aryl methyl sites for hydroxylation is 1. The lowest BCUT2D eigenvalue weighted by molar-refractivity contribution is 0.0126. The molecule has 0 saturated carbocycles. The first-order valence-electron chi connectivity index (χ1n) is 6.69. The van der Waals surface area contributed by atoms with Crippen LogP contribution < -0.4 is 10.7 Å². The lowest BCUT2D eigenvalue weighted by atomic mass is 10.1. The quantitative estimate of drug-likeness (QED) is 0.862. The van der Waals surface area contributed by atoms with Gasteiger partial charge in [-0.2, -0.15) is 0 Å². The maximum atomic E-state index is 12.3. The summed E-state index contributed by atoms with van der Waals surface area (Å²) in [4.78, 5) is 12.3. The highest BCUT2D eigenvalue weighted by Crippen LogP contribution is 2.17. The second-order valence-electron chi connectivity index (χ2n) is 4.62. The summed E-state index contributed by atoms with van der Waals surface area (Å²) in [5, 5.41) is 5.12. The van der Waals surface area contributed by atoms with Gasteiger partial charge in [0.25, 0.3) is 5.91 Å². The highest BCUT2D eigenvalue weighted by molar-refractivity contribution is 5.99. The molecule has 0 spiro atoms. The van der Waals surface area contributed by atoms with E-state index < -0.39 is 0 Å². The first-order valence-corrected chi connectivity index (χ1v) is 6.69. The highest BCUT2D eigenvalue weighted by atomic mass is 16.5. The zero-order chi connectivity index (χ0) is 13.7. The third-order valence-corrected chi connectivity index (χ3v) is 3.06. The van der Waals surface area contributed by atoms with Crippen LogP contribution in [0.3, 0.4) is 0 Å². The van der Waals surface area contributed by atoms with Gasteiger partial charge in [0.1, 0.15) is 0 Å². The van der Waals surface area contributed by atoms with Crippen molar-refractivity contribution in [3.05, 3.63) is 29.3 Å². The second-order valence-corrected chi connectivity index (χ2v) is 4.62. The molecule has 1 aromatic rings. The van der Waals surface area contributed by atoms with Crippen LogP contribution in [0.4, 0.5) is 5.69 Å². The molecule has 1 aromatic carbocycles. The van der Waals surface area contributed by atoms with Crippen LogP contribution in [-0.2, 0) is 4.74 Å². The fourth-order valence-corrected chi connectivity index (χ4v) is 2.07. The Labute approximate surface area is 113 Å². The van der Waals surface area contributed by atoms with Crippen LogP contribution in [0, 0.1) is 6.92 Å². The molecule has 0 bridgehead atoms. The summed E-state index contributed by atoms with van der Waals surface area (Å²) >= 11 is 0. The van der Waals surface area contributed by atoms with Gasteiger partial charge in [-0.25, -0.2) is 5.01 Å². The number of hydrogen-bond acceptors (Lipinski definition) is 4. The molecule has 0 atom stereocenters. The van der Waals surface area contributed by atoms with Gasteiger partial charge >= 0.3 is 0 Å². The number of rotatable bonds is 4. The van der Waals surface area contributed by atoms with Gasteiger partial charge in [-0.1, -0.05) is 11.6 Å². The Hall–Kier alpha value is -1.59. The summed E-state index contributed by atoms with van der Waals surface area (Å²) in [7, 11) is 0. The molecule has 0 radical (unpaired) electrons. The summed E-state index contributed by atoms with van der Waals surface area (Å²) in [5.41, 5.74) is 5.58. The number of carbonyl (C=O) groups is 1. The Morgan fingerprint density at radius 2 is 2.11 bits per heavy atom. The van der Waals surface area contributed by atoms with E-state index in [-0.39, 0.29) is 5.91 Å². The highest BCUT2D eigenvalue weighted by Gasteiger charge is 2.16. The lowest BCUT2D eigenvalue weighted by Crippen LogP contribution is -2.48. The molecular formula is C14H21N3O2. The SMILES string of the molecule is CCNc1ccc(C)cc1C(=O)NN1CCOCC1. The lowest BCUT2D eigenvalue weighted by Gasteiger charge is -2.27. The van der Waals surface area contributed by atoms with Gasteiger partial charge in [0, 0.05) is 25.3 Å². The van der Waals surface area contributed by atoms with Crippen molar-refractivity contribution in [1.29, 1.82) is 0 Å². The molecule has 0 aromatic heterocycles. The molecule has 2 N–H and O–H groups in total. The van der Waals surface area contributed by atoms with Gasteiger partial charge in [0.2, 0.25) is 0 Å². The van der Waals surface area contributed by atoms with E-state index in [0.29, 0.717) is 18.8 Å². The van der Waals surface area contributed by atoms with E-state index in [1.54, 1.807) is 0 Å². The van der Waals surface area contributed by atoms with Crippen molar-refractivity contribution in [2.45, 2.75) is 13.8 Å². The van der Waals surface area contributed by atoms with Crippen LogP contribution in [0.15, 0.2) is 18.2 Å². The van der Waals surface area contributed by atoms with E-state index in [4.69, 9.17) is 4.74 Å². The van der Waals surface area contributed by atoms with Crippen molar-refractivity contribution in [2.24, 2.45) is 0 Å². The van der Waals surface area contributed by atoms with Crippen molar-refractivity contribution in [3.63, 3.8) is 0 Å². The maximum absolute atomic E-state index is 12.3. The van der Waals surface area contributed by atoms with Crippen LogP contribution >= 0.6 is 0 Å². The predicted molar refractivity (Wildman–Crippen MR) is 75.2 cm³/mol. The summed E-state index contributed by atoms with van der Waals surface area (Å²) < 4.78 is 5.26. The summed E-state index contributed by atoms with van der Waals surface area (Å²) in [5.74, 6) is -0.0680. The number of nitrogens with zero attached hydrogens (tertiary/aromatic N) is 1. The number of anilines is 1. The molecule has 1 fully saturated rings. The molecule has 1 aliphatic rings. The van der Waals surface area contributed by atoms with Crippen LogP contribution in [0.2, 0.25) is 0 Å².